The van der Waals surface area contributed by atoms with Crippen molar-refractivity contribution in [2.24, 2.45) is 0 Å². The molecular formula is C19H18ClN5OS. The number of amides is 1. The standard InChI is InChI=1S/C19H18ClN5OS/c1-4-25(15-6-5-7-21-11-15)18(26)14-9-16(20)17(22-10-14)27-19-23-12(2)8-13(3)24-19/h5-11H,4H2,1-3H3. The van der Waals surface area contributed by atoms with Crippen LogP contribution in [0.3, 0.4) is 0 Å². The van der Waals surface area contributed by atoms with E-state index in [1.54, 1.807) is 29.4 Å². The largest absolute Gasteiger partial charge is 0.307 e. The van der Waals surface area contributed by atoms with Crippen molar-refractivity contribution in [3.63, 3.8) is 0 Å². The van der Waals surface area contributed by atoms with Crippen LogP contribution in [0.4, 0.5) is 5.69 Å². The lowest BCUT2D eigenvalue weighted by Crippen LogP contribution is -2.30. The van der Waals surface area contributed by atoms with Gasteiger partial charge in [-0.3, -0.25) is 9.78 Å². The molecule has 1 amide bonds. The molecule has 0 atom stereocenters. The Kier molecular flexibility index (Phi) is 6.03. The first-order chi connectivity index (χ1) is 13.0. The van der Waals surface area contributed by atoms with E-state index in [0.29, 0.717) is 27.3 Å². The summed E-state index contributed by atoms with van der Waals surface area (Å²) >= 11 is 7.65. The third-order valence-electron chi connectivity index (χ3n) is 3.72. The Morgan fingerprint density at radius 2 is 1.93 bits per heavy atom. The minimum absolute atomic E-state index is 0.181. The molecule has 0 N–H and O–H groups in total. The minimum Gasteiger partial charge on any atom is -0.307 e. The molecule has 8 heteroatoms. The summed E-state index contributed by atoms with van der Waals surface area (Å²) in [5, 5.41) is 1.52. The van der Waals surface area contributed by atoms with Gasteiger partial charge in [0.15, 0.2) is 5.16 Å². The lowest BCUT2D eigenvalue weighted by atomic mass is 10.2. The third-order valence-corrected chi connectivity index (χ3v) is 5.01. The molecule has 0 bridgehead atoms. The molecule has 0 aliphatic heterocycles. The lowest BCUT2D eigenvalue weighted by Gasteiger charge is -2.20. The number of halogens is 1. The Bertz CT molecular complexity index is 947. The van der Waals surface area contributed by atoms with Crippen molar-refractivity contribution < 1.29 is 4.79 Å². The number of nitrogens with zero attached hydrogens (tertiary/aromatic N) is 5. The van der Waals surface area contributed by atoms with Crippen molar-refractivity contribution in [2.45, 2.75) is 31.0 Å². The average molecular weight is 400 g/mol. The van der Waals surface area contributed by atoms with E-state index in [-0.39, 0.29) is 5.91 Å². The average Bonchev–Trinajstić information content (AvgIpc) is 2.64. The molecule has 0 spiro atoms. The number of carbonyl (C=O) groups excluding carboxylic acids is 1. The van der Waals surface area contributed by atoms with E-state index < -0.39 is 0 Å². The van der Waals surface area contributed by atoms with Gasteiger partial charge in [0.05, 0.1) is 22.5 Å². The topological polar surface area (TPSA) is 71.9 Å². The number of carbonyl (C=O) groups is 1. The van der Waals surface area contributed by atoms with Crippen molar-refractivity contribution in [1.29, 1.82) is 0 Å². The van der Waals surface area contributed by atoms with Crippen LogP contribution >= 0.6 is 23.4 Å². The van der Waals surface area contributed by atoms with Gasteiger partial charge in [0, 0.05) is 30.3 Å². The number of hydrogen-bond acceptors (Lipinski definition) is 6. The highest BCUT2D eigenvalue weighted by Gasteiger charge is 2.18. The van der Waals surface area contributed by atoms with E-state index in [2.05, 4.69) is 19.9 Å². The molecule has 0 aliphatic carbocycles. The van der Waals surface area contributed by atoms with Gasteiger partial charge < -0.3 is 4.90 Å². The van der Waals surface area contributed by atoms with Crippen LogP contribution in [0.25, 0.3) is 0 Å². The Labute approximate surface area is 167 Å². The fourth-order valence-electron chi connectivity index (χ4n) is 2.56. The first-order valence-corrected chi connectivity index (χ1v) is 9.55. The van der Waals surface area contributed by atoms with Crippen LogP contribution in [-0.2, 0) is 0 Å². The van der Waals surface area contributed by atoms with Crippen LogP contribution in [0.2, 0.25) is 5.02 Å². The van der Waals surface area contributed by atoms with Gasteiger partial charge in [-0.1, -0.05) is 11.6 Å². The number of hydrogen-bond donors (Lipinski definition) is 0. The molecular weight excluding hydrogens is 382 g/mol. The Balaban J connectivity index is 1.84. The second-order valence-corrected chi connectivity index (χ2v) is 7.17. The molecule has 6 nitrogen and oxygen atoms in total. The van der Waals surface area contributed by atoms with Crippen molar-refractivity contribution in [3.8, 4) is 0 Å². The van der Waals surface area contributed by atoms with E-state index in [4.69, 9.17) is 11.6 Å². The fraction of sp³-hybridized carbons (Fsp3) is 0.211. The molecule has 27 heavy (non-hydrogen) atoms. The summed E-state index contributed by atoms with van der Waals surface area (Å²) in [5.74, 6) is -0.181. The van der Waals surface area contributed by atoms with Crippen LogP contribution in [0.1, 0.15) is 28.7 Å². The lowest BCUT2D eigenvalue weighted by molar-refractivity contribution is 0.0988. The van der Waals surface area contributed by atoms with E-state index in [1.165, 1.54) is 18.0 Å². The number of aromatic nitrogens is 4. The zero-order valence-electron chi connectivity index (χ0n) is 15.2. The van der Waals surface area contributed by atoms with Crippen LogP contribution in [0.15, 0.2) is 53.0 Å². The van der Waals surface area contributed by atoms with Gasteiger partial charge in [-0.05, 0) is 56.8 Å². The van der Waals surface area contributed by atoms with Crippen LogP contribution < -0.4 is 4.90 Å². The number of pyridine rings is 2. The number of rotatable bonds is 5. The summed E-state index contributed by atoms with van der Waals surface area (Å²) in [4.78, 5) is 31.7. The minimum atomic E-state index is -0.181. The van der Waals surface area contributed by atoms with Gasteiger partial charge in [0.1, 0.15) is 5.03 Å². The number of anilines is 1. The molecule has 3 heterocycles. The Morgan fingerprint density at radius 1 is 1.19 bits per heavy atom. The highest BCUT2D eigenvalue weighted by molar-refractivity contribution is 7.99. The van der Waals surface area contributed by atoms with Gasteiger partial charge in [-0.2, -0.15) is 0 Å². The molecule has 0 aliphatic rings. The van der Waals surface area contributed by atoms with Gasteiger partial charge in [-0.15, -0.1) is 0 Å². The molecule has 3 aromatic heterocycles. The summed E-state index contributed by atoms with van der Waals surface area (Å²) in [6.45, 7) is 6.23. The van der Waals surface area contributed by atoms with Crippen molar-refractivity contribution in [1.82, 2.24) is 19.9 Å². The van der Waals surface area contributed by atoms with E-state index in [1.807, 2.05) is 32.9 Å². The molecule has 0 saturated heterocycles. The molecule has 138 valence electrons. The molecule has 0 aromatic carbocycles. The zero-order chi connectivity index (χ0) is 19.4. The van der Waals surface area contributed by atoms with Gasteiger partial charge >= 0.3 is 0 Å². The van der Waals surface area contributed by atoms with Crippen LogP contribution in [-0.4, -0.2) is 32.4 Å². The van der Waals surface area contributed by atoms with E-state index >= 15 is 0 Å². The maximum absolute atomic E-state index is 12.9. The van der Waals surface area contributed by atoms with Crippen LogP contribution in [0, 0.1) is 13.8 Å². The SMILES string of the molecule is CCN(C(=O)c1cnc(Sc2nc(C)cc(C)n2)c(Cl)c1)c1cccnc1. The summed E-state index contributed by atoms with van der Waals surface area (Å²) < 4.78 is 0. The Hall–Kier alpha value is -2.51. The third kappa shape index (κ3) is 4.61. The molecule has 0 unspecified atom stereocenters. The summed E-state index contributed by atoms with van der Waals surface area (Å²) in [5.41, 5.74) is 2.89. The predicted molar refractivity (Wildman–Crippen MR) is 106 cm³/mol. The zero-order valence-corrected chi connectivity index (χ0v) is 16.8. The molecule has 3 aromatic rings. The smallest absolute Gasteiger partial charge is 0.259 e. The van der Waals surface area contributed by atoms with Gasteiger partial charge in [0.25, 0.3) is 5.91 Å². The van der Waals surface area contributed by atoms with Gasteiger partial charge in [0.2, 0.25) is 0 Å². The van der Waals surface area contributed by atoms with Crippen molar-refractivity contribution >= 4 is 35.0 Å². The second-order valence-electron chi connectivity index (χ2n) is 5.81. The summed E-state index contributed by atoms with van der Waals surface area (Å²) in [6, 6.07) is 7.16. The maximum atomic E-state index is 12.9. The highest BCUT2D eigenvalue weighted by atomic mass is 35.5. The second kappa shape index (κ2) is 8.45. The molecule has 0 saturated carbocycles. The van der Waals surface area contributed by atoms with Crippen LogP contribution in [0.5, 0.6) is 0 Å². The van der Waals surface area contributed by atoms with Gasteiger partial charge in [-0.25, -0.2) is 15.0 Å². The fourth-order valence-corrected chi connectivity index (χ4v) is 3.65. The predicted octanol–water partition coefficient (Wildman–Crippen LogP) is 4.35. The van der Waals surface area contributed by atoms with E-state index in [0.717, 1.165) is 17.1 Å². The monoisotopic (exact) mass is 399 g/mol. The Morgan fingerprint density at radius 3 is 2.52 bits per heavy atom. The maximum Gasteiger partial charge on any atom is 0.259 e. The van der Waals surface area contributed by atoms with E-state index in [9.17, 15) is 4.79 Å². The van der Waals surface area contributed by atoms with Crippen molar-refractivity contribution in [2.75, 3.05) is 11.4 Å². The summed E-state index contributed by atoms with van der Waals surface area (Å²) in [7, 11) is 0. The molecule has 0 radical (unpaired) electrons. The highest BCUT2D eigenvalue weighted by Crippen LogP contribution is 2.30. The molecule has 0 fully saturated rings. The first-order valence-electron chi connectivity index (χ1n) is 8.35. The quantitative estimate of drug-likeness (QED) is 0.594. The summed E-state index contributed by atoms with van der Waals surface area (Å²) in [6.07, 6.45) is 4.84. The number of aryl methyl sites for hydroxylation is 2. The first kappa shape index (κ1) is 19.3. The molecule has 3 rings (SSSR count). The normalized spacial score (nSPS) is 10.7. The van der Waals surface area contributed by atoms with Crippen molar-refractivity contribution in [3.05, 3.63) is 64.8 Å².